The molecule has 1 aliphatic rings. The Hall–Kier alpha value is -0.260. The van der Waals surface area contributed by atoms with Gasteiger partial charge >= 0.3 is 7.60 Å². The maximum atomic E-state index is 11.7. The van der Waals surface area contributed by atoms with Crippen LogP contribution in [0.4, 0.5) is 0 Å². The van der Waals surface area contributed by atoms with E-state index in [9.17, 15) is 9.36 Å². The van der Waals surface area contributed by atoms with E-state index in [1.54, 1.807) is 0 Å². The fourth-order valence-corrected chi connectivity index (χ4v) is 2.70. The van der Waals surface area contributed by atoms with Crippen molar-refractivity contribution >= 4 is 13.4 Å². The third kappa shape index (κ3) is 5.59. The first-order chi connectivity index (χ1) is 8.59. The summed E-state index contributed by atoms with van der Waals surface area (Å²) in [5.74, 6) is -0.102. The van der Waals surface area contributed by atoms with E-state index in [0.29, 0.717) is 19.6 Å². The molecule has 106 valence electrons. The van der Waals surface area contributed by atoms with Crippen molar-refractivity contribution in [2.75, 3.05) is 33.6 Å². The molecule has 0 aliphatic carbocycles. The Bertz CT molecular complexity index is 292. The minimum Gasteiger partial charge on any atom is -0.350 e. The molecule has 1 aliphatic heterocycles. The van der Waals surface area contributed by atoms with Crippen LogP contribution in [0.1, 0.15) is 25.7 Å². The monoisotopic (exact) mass is 280 g/mol. The first-order valence-corrected chi connectivity index (χ1v) is 7.78. The largest absolute Gasteiger partial charge is 0.350 e. The maximum absolute atomic E-state index is 11.7. The second-order valence-electron chi connectivity index (χ2n) is 4.09. The summed E-state index contributed by atoms with van der Waals surface area (Å²) in [5, 5.41) is 0. The number of unbranched alkanes of at least 4 members (excludes halogenated alkanes) is 1. The molecule has 0 aromatic carbocycles. The summed E-state index contributed by atoms with van der Waals surface area (Å²) < 4.78 is 31.7. The Morgan fingerprint density at radius 2 is 1.83 bits per heavy atom. The molecule has 18 heavy (non-hydrogen) atoms. The van der Waals surface area contributed by atoms with Crippen LogP contribution in [0.2, 0.25) is 0 Å². The average molecular weight is 280 g/mol. The Morgan fingerprint density at radius 3 is 2.39 bits per heavy atom. The van der Waals surface area contributed by atoms with Gasteiger partial charge in [-0.15, -0.1) is 0 Å². The van der Waals surface area contributed by atoms with E-state index in [-0.39, 0.29) is 18.2 Å². The fourth-order valence-electron chi connectivity index (χ4n) is 1.71. The van der Waals surface area contributed by atoms with Gasteiger partial charge in [-0.25, -0.2) is 0 Å². The van der Waals surface area contributed by atoms with Gasteiger partial charge < -0.3 is 18.5 Å². The fraction of sp³-hybridized carbons (Fsp3) is 0.909. The highest BCUT2D eigenvalue weighted by Crippen LogP contribution is 2.46. The lowest BCUT2D eigenvalue weighted by Gasteiger charge is -2.12. The van der Waals surface area contributed by atoms with Gasteiger partial charge in [-0.05, 0) is 19.3 Å². The molecule has 1 heterocycles. The number of rotatable bonds is 9. The van der Waals surface area contributed by atoms with Crippen LogP contribution < -0.4 is 0 Å². The molecule has 1 saturated heterocycles. The predicted octanol–water partition coefficient (Wildman–Crippen LogP) is 1.97. The number of carbonyl (C=O) groups is 1. The zero-order valence-corrected chi connectivity index (χ0v) is 11.8. The lowest BCUT2D eigenvalue weighted by Crippen LogP contribution is -2.09. The first-order valence-electron chi connectivity index (χ1n) is 6.05. The van der Waals surface area contributed by atoms with Crippen LogP contribution in [0.15, 0.2) is 0 Å². The highest BCUT2D eigenvalue weighted by atomic mass is 31.2. The molecule has 0 amide bonds. The lowest BCUT2D eigenvalue weighted by molar-refractivity contribution is -0.117. The number of hydrogen-bond donors (Lipinski definition) is 0. The zero-order chi connectivity index (χ0) is 13.4. The maximum Gasteiger partial charge on any atom is 0.337 e. The third-order valence-corrected chi connectivity index (χ3v) is 4.62. The molecule has 6 nitrogen and oxygen atoms in total. The molecule has 0 spiro atoms. The topological polar surface area (TPSA) is 71.1 Å². The Kier molecular flexibility index (Phi) is 7.04. The summed E-state index contributed by atoms with van der Waals surface area (Å²) in [6.07, 6.45) is 2.47. The molecule has 1 rings (SSSR count). The summed E-state index contributed by atoms with van der Waals surface area (Å²) in [4.78, 5) is 11.6. The summed E-state index contributed by atoms with van der Waals surface area (Å²) in [7, 11) is -0.637. The van der Waals surface area contributed by atoms with Gasteiger partial charge in [0.15, 0.2) is 6.29 Å². The second-order valence-corrected chi connectivity index (χ2v) is 6.36. The SMILES string of the molecule is COP(=O)(CC(=O)CCCCC1OCCO1)OC. The molecule has 1 fully saturated rings. The van der Waals surface area contributed by atoms with Crippen LogP contribution >= 0.6 is 7.60 Å². The van der Waals surface area contributed by atoms with Crippen molar-refractivity contribution in [1.29, 1.82) is 0 Å². The van der Waals surface area contributed by atoms with Crippen LogP contribution in [0.5, 0.6) is 0 Å². The highest BCUT2D eigenvalue weighted by Gasteiger charge is 2.25. The lowest BCUT2D eigenvalue weighted by atomic mass is 10.1. The molecule has 0 bridgehead atoms. The number of ketones is 1. The minimum atomic E-state index is -3.21. The van der Waals surface area contributed by atoms with E-state index in [1.165, 1.54) is 14.2 Å². The first kappa shape index (κ1) is 15.8. The number of carbonyl (C=O) groups excluding carboxylic acids is 1. The summed E-state index contributed by atoms with van der Waals surface area (Å²) in [6, 6.07) is 0. The summed E-state index contributed by atoms with van der Waals surface area (Å²) in [5.41, 5.74) is 0. The Labute approximate surface area is 107 Å². The summed E-state index contributed by atoms with van der Waals surface area (Å²) >= 11 is 0. The van der Waals surface area contributed by atoms with Gasteiger partial charge in [-0.2, -0.15) is 0 Å². The van der Waals surface area contributed by atoms with E-state index in [2.05, 4.69) is 0 Å². The third-order valence-electron chi connectivity index (χ3n) is 2.76. The number of Topliss-reactive ketones (excluding diaryl/α,β-unsaturated/α-hetero) is 1. The van der Waals surface area contributed by atoms with E-state index >= 15 is 0 Å². The molecular weight excluding hydrogens is 259 g/mol. The van der Waals surface area contributed by atoms with Crippen molar-refractivity contribution < 1.29 is 27.9 Å². The van der Waals surface area contributed by atoms with Gasteiger partial charge in [0.2, 0.25) is 0 Å². The Morgan fingerprint density at radius 1 is 1.22 bits per heavy atom. The molecule has 0 aromatic rings. The van der Waals surface area contributed by atoms with E-state index in [4.69, 9.17) is 18.5 Å². The van der Waals surface area contributed by atoms with Crippen LogP contribution in [0.25, 0.3) is 0 Å². The van der Waals surface area contributed by atoms with E-state index < -0.39 is 7.60 Å². The molecule has 0 unspecified atom stereocenters. The number of hydrogen-bond acceptors (Lipinski definition) is 6. The van der Waals surface area contributed by atoms with Crippen LogP contribution in [-0.2, 0) is 27.9 Å². The molecule has 0 saturated carbocycles. The van der Waals surface area contributed by atoms with Gasteiger partial charge in [0.1, 0.15) is 11.9 Å². The van der Waals surface area contributed by atoms with E-state index in [0.717, 1.165) is 19.3 Å². The predicted molar refractivity (Wildman–Crippen MR) is 65.7 cm³/mol. The minimum absolute atomic E-state index is 0.102. The molecule has 0 atom stereocenters. The highest BCUT2D eigenvalue weighted by molar-refractivity contribution is 7.54. The van der Waals surface area contributed by atoms with Crippen molar-refractivity contribution in [3.63, 3.8) is 0 Å². The normalized spacial score (nSPS) is 17.2. The second kappa shape index (κ2) is 8.02. The molecule has 7 heteroatoms. The summed E-state index contributed by atoms with van der Waals surface area (Å²) in [6.45, 7) is 1.29. The Balaban J connectivity index is 2.11. The van der Waals surface area contributed by atoms with Gasteiger partial charge in [-0.3, -0.25) is 9.36 Å². The van der Waals surface area contributed by atoms with Gasteiger partial charge in [0, 0.05) is 20.6 Å². The molecule has 0 N–H and O–H groups in total. The van der Waals surface area contributed by atoms with Crippen molar-refractivity contribution in [3.05, 3.63) is 0 Å². The van der Waals surface area contributed by atoms with Gasteiger partial charge in [-0.1, -0.05) is 0 Å². The zero-order valence-electron chi connectivity index (χ0n) is 10.9. The molecule has 0 aromatic heterocycles. The van der Waals surface area contributed by atoms with E-state index in [1.807, 2.05) is 0 Å². The van der Waals surface area contributed by atoms with Gasteiger partial charge in [0.25, 0.3) is 0 Å². The molecule has 0 radical (unpaired) electrons. The van der Waals surface area contributed by atoms with Gasteiger partial charge in [0.05, 0.1) is 13.2 Å². The average Bonchev–Trinajstić information content (AvgIpc) is 2.87. The van der Waals surface area contributed by atoms with Crippen LogP contribution in [-0.4, -0.2) is 45.7 Å². The van der Waals surface area contributed by atoms with Crippen molar-refractivity contribution in [2.24, 2.45) is 0 Å². The number of ether oxygens (including phenoxy) is 2. The van der Waals surface area contributed by atoms with Crippen LogP contribution in [0, 0.1) is 0 Å². The quantitative estimate of drug-likeness (QED) is 0.475. The van der Waals surface area contributed by atoms with Crippen LogP contribution in [0.3, 0.4) is 0 Å². The molecular formula is C11H21O6P. The smallest absolute Gasteiger partial charge is 0.337 e. The van der Waals surface area contributed by atoms with Crippen molar-refractivity contribution in [3.8, 4) is 0 Å². The van der Waals surface area contributed by atoms with Crippen molar-refractivity contribution in [2.45, 2.75) is 32.0 Å². The van der Waals surface area contributed by atoms with Crippen molar-refractivity contribution in [1.82, 2.24) is 0 Å². The standard InChI is InChI=1S/C11H21O6P/c1-14-18(13,15-2)9-10(12)5-3-4-6-11-16-7-8-17-11/h11H,3-9H2,1-2H3.